The molecular weight excluding hydrogens is 777 g/mol. The number of aromatic nitrogens is 1. The molecule has 13 nitrogen and oxygen atoms in total. The molecule has 4 aromatic carbocycles. The van der Waals surface area contributed by atoms with E-state index in [-0.39, 0.29) is 18.7 Å². The summed E-state index contributed by atoms with van der Waals surface area (Å²) in [4.78, 5) is 76.6. The number of rotatable bonds is 10. The highest BCUT2D eigenvalue weighted by atomic mass is 16.6. The van der Waals surface area contributed by atoms with E-state index in [1.807, 2.05) is 77.7 Å². The smallest absolute Gasteiger partial charge is 0.324 e. The number of carbonyl (C=O) groups excluding carboxylic acids is 5. The Kier molecular flexibility index (Phi) is 11.4. The van der Waals surface area contributed by atoms with Crippen LogP contribution in [0.25, 0.3) is 0 Å². The van der Waals surface area contributed by atoms with Crippen LogP contribution in [0.15, 0.2) is 128 Å². The molecule has 308 valence electrons. The van der Waals surface area contributed by atoms with E-state index >= 15 is 9.59 Å². The molecule has 3 aliphatic rings. The number of phenolic OH excluding ortho intramolecular Hbond substituents is 1. The van der Waals surface area contributed by atoms with Gasteiger partial charge in [0.2, 0.25) is 11.8 Å². The fourth-order valence-electron chi connectivity index (χ4n) is 9.10. The maximum atomic E-state index is 15.3. The molecule has 2 saturated heterocycles. The topological polar surface area (TPSA) is 173 Å². The van der Waals surface area contributed by atoms with Crippen LogP contribution in [-0.4, -0.2) is 71.5 Å². The van der Waals surface area contributed by atoms with E-state index in [2.05, 4.69) is 27.5 Å². The van der Waals surface area contributed by atoms with Crippen molar-refractivity contribution < 1.29 is 43.3 Å². The Labute approximate surface area is 352 Å². The van der Waals surface area contributed by atoms with Crippen molar-refractivity contribution in [2.24, 2.45) is 11.8 Å². The third-order valence-corrected chi connectivity index (χ3v) is 11.7. The highest BCUT2D eigenvalue weighted by Gasteiger charge is 2.74. The van der Waals surface area contributed by atoms with Crippen LogP contribution in [0.4, 0.5) is 5.69 Å². The van der Waals surface area contributed by atoms with E-state index in [4.69, 9.17) is 14.2 Å². The third-order valence-electron chi connectivity index (χ3n) is 11.7. The number of methoxy groups -OCH3 is 2. The van der Waals surface area contributed by atoms with Gasteiger partial charge >= 0.3 is 17.9 Å². The second-order valence-corrected chi connectivity index (χ2v) is 15.0. The van der Waals surface area contributed by atoms with Gasteiger partial charge in [-0.25, -0.2) is 0 Å². The molecule has 8 rings (SSSR count). The first-order valence-corrected chi connectivity index (χ1v) is 19.8. The van der Waals surface area contributed by atoms with Crippen LogP contribution < -0.4 is 10.6 Å². The van der Waals surface area contributed by atoms with Gasteiger partial charge < -0.3 is 30.0 Å². The fraction of sp³-hybridized carbons (Fsp3) is 0.250. The molecule has 0 bridgehead atoms. The summed E-state index contributed by atoms with van der Waals surface area (Å²) >= 11 is 0. The number of anilines is 1. The number of nitrogens with zero attached hydrogens (tertiary/aromatic N) is 2. The van der Waals surface area contributed by atoms with Crippen LogP contribution in [0.3, 0.4) is 0 Å². The van der Waals surface area contributed by atoms with Crippen LogP contribution in [-0.2, 0) is 50.0 Å². The zero-order valence-electron chi connectivity index (χ0n) is 33.3. The molecule has 61 heavy (non-hydrogen) atoms. The Morgan fingerprint density at radius 2 is 1.52 bits per heavy atom. The summed E-state index contributed by atoms with van der Waals surface area (Å²) < 4.78 is 16.1. The average molecular weight is 819 g/mol. The number of pyridine rings is 1. The monoisotopic (exact) mass is 818 g/mol. The van der Waals surface area contributed by atoms with Crippen molar-refractivity contribution >= 4 is 35.4 Å². The summed E-state index contributed by atoms with van der Waals surface area (Å²) in [5.74, 6) is -0.0764. The average Bonchev–Trinajstić information content (AvgIpc) is 3.77. The first-order chi connectivity index (χ1) is 29.7. The number of benzene rings is 4. The number of morpholine rings is 1. The number of aromatic hydroxyl groups is 1. The summed E-state index contributed by atoms with van der Waals surface area (Å²) in [5, 5.41) is 16.6. The fourth-order valence-corrected chi connectivity index (χ4v) is 9.10. The van der Waals surface area contributed by atoms with E-state index in [1.165, 1.54) is 26.4 Å². The van der Waals surface area contributed by atoms with Gasteiger partial charge in [-0.2, -0.15) is 0 Å². The second-order valence-electron chi connectivity index (χ2n) is 15.0. The van der Waals surface area contributed by atoms with Crippen LogP contribution >= 0.6 is 0 Å². The molecule has 0 saturated carbocycles. The van der Waals surface area contributed by atoms with Crippen LogP contribution in [0.1, 0.15) is 58.1 Å². The van der Waals surface area contributed by atoms with E-state index < -0.39 is 71.2 Å². The molecule has 6 atom stereocenters. The van der Waals surface area contributed by atoms with Gasteiger partial charge in [0.15, 0.2) is 5.92 Å². The normalized spacial score (nSPS) is 22.6. The number of carbonyl (C=O) groups is 5. The molecule has 2 amide bonds. The summed E-state index contributed by atoms with van der Waals surface area (Å²) in [6, 6.07) is 32.9. The Morgan fingerprint density at radius 3 is 2.18 bits per heavy atom. The standard InChI is InChI=1S/C48H42N4O9/c1-59-44(55)35(45(56)60-2)18-11-12-29-19-24-37-36(28-29)48(47(58)51-37)38(43(54)50-27-25-33-17-9-10-26-49-33)40-46(57)61-41(31-15-7-4-8-16-31)39(30-13-5-3-6-14-30)52(40)42(48)32-20-22-34(53)23-21-32/h3-10,13-17,19-24,26,28,35,38-42,53H,18,25,27H2,1-2H3,(H,50,54)(H,51,58)/t38-,39-,40-,41+,42+,48-/m1/s1. The Morgan fingerprint density at radius 1 is 0.852 bits per heavy atom. The van der Waals surface area contributed by atoms with Gasteiger partial charge in [-0.15, -0.1) is 0 Å². The van der Waals surface area contributed by atoms with Crippen molar-refractivity contribution in [3.8, 4) is 17.6 Å². The van der Waals surface area contributed by atoms with E-state index in [1.54, 1.807) is 42.6 Å². The molecule has 0 unspecified atom stereocenters. The summed E-state index contributed by atoms with van der Waals surface area (Å²) in [6.45, 7) is 0.157. The molecule has 1 aromatic heterocycles. The van der Waals surface area contributed by atoms with Gasteiger partial charge in [0, 0.05) is 42.5 Å². The van der Waals surface area contributed by atoms with E-state index in [0.29, 0.717) is 28.8 Å². The Balaban J connectivity index is 1.34. The van der Waals surface area contributed by atoms with Gasteiger partial charge in [-0.3, -0.25) is 33.9 Å². The minimum atomic E-state index is -1.79. The lowest BCUT2D eigenvalue weighted by Gasteiger charge is -2.46. The predicted molar refractivity (Wildman–Crippen MR) is 221 cm³/mol. The van der Waals surface area contributed by atoms with Crippen molar-refractivity contribution in [2.75, 3.05) is 26.1 Å². The van der Waals surface area contributed by atoms with Crippen molar-refractivity contribution in [3.05, 3.63) is 161 Å². The quantitative estimate of drug-likeness (QED) is 0.0739. The van der Waals surface area contributed by atoms with Crippen molar-refractivity contribution in [3.63, 3.8) is 0 Å². The number of esters is 3. The second kappa shape index (κ2) is 17.1. The summed E-state index contributed by atoms with van der Waals surface area (Å²) in [7, 11) is 2.33. The number of hydrogen-bond acceptors (Lipinski definition) is 11. The highest BCUT2D eigenvalue weighted by molar-refractivity contribution is 6.12. The molecule has 3 aliphatic heterocycles. The third kappa shape index (κ3) is 7.36. The molecule has 2 fully saturated rings. The molecule has 0 radical (unpaired) electrons. The SMILES string of the molecule is COC(=O)C(CC#Cc1ccc2c(c1)[C@]1(C(=O)N2)[C@H](c2ccc(O)cc2)N2[C@H](c3ccccc3)[C@H](c3ccccc3)OC(=O)[C@H]2[C@@H]1C(=O)NCCc1ccccn1)C(=O)OC. The molecule has 5 aromatic rings. The maximum Gasteiger partial charge on any atom is 0.324 e. The Hall–Kier alpha value is -7.30. The van der Waals surface area contributed by atoms with Crippen molar-refractivity contribution in [1.29, 1.82) is 0 Å². The summed E-state index contributed by atoms with van der Waals surface area (Å²) in [6.07, 6.45) is 0.987. The minimum absolute atomic E-state index is 0.0120. The molecule has 13 heteroatoms. The molecule has 1 spiro atoms. The zero-order valence-corrected chi connectivity index (χ0v) is 33.3. The summed E-state index contributed by atoms with van der Waals surface area (Å²) in [5.41, 5.74) is 2.26. The van der Waals surface area contributed by atoms with Crippen molar-refractivity contribution in [2.45, 2.75) is 42.5 Å². The van der Waals surface area contributed by atoms with Gasteiger partial charge in [-0.05, 0) is 64.7 Å². The van der Waals surface area contributed by atoms with Crippen LogP contribution in [0.5, 0.6) is 5.75 Å². The molecule has 0 aliphatic carbocycles. The predicted octanol–water partition coefficient (Wildman–Crippen LogP) is 5.12. The van der Waals surface area contributed by atoms with Gasteiger partial charge in [0.05, 0.1) is 32.2 Å². The maximum absolute atomic E-state index is 15.3. The lowest BCUT2D eigenvalue weighted by molar-refractivity contribution is -0.178. The van der Waals surface area contributed by atoms with Crippen LogP contribution in [0, 0.1) is 23.7 Å². The number of phenols is 1. The van der Waals surface area contributed by atoms with E-state index in [0.717, 1.165) is 16.8 Å². The zero-order chi connectivity index (χ0) is 42.7. The Bertz CT molecular complexity index is 2510. The lowest BCUT2D eigenvalue weighted by Crippen LogP contribution is -2.55. The minimum Gasteiger partial charge on any atom is -0.508 e. The molecule has 3 N–H and O–H groups in total. The number of amides is 2. The lowest BCUT2D eigenvalue weighted by atomic mass is 9.65. The van der Waals surface area contributed by atoms with Gasteiger partial charge in [0.25, 0.3) is 0 Å². The molecule has 4 heterocycles. The largest absolute Gasteiger partial charge is 0.508 e. The van der Waals surface area contributed by atoms with Gasteiger partial charge in [0.1, 0.15) is 23.3 Å². The number of nitrogens with one attached hydrogen (secondary N) is 2. The van der Waals surface area contributed by atoms with E-state index in [9.17, 15) is 19.5 Å². The number of hydrogen-bond donors (Lipinski definition) is 3. The number of ether oxygens (including phenoxy) is 3. The van der Waals surface area contributed by atoms with Crippen molar-refractivity contribution in [1.82, 2.24) is 15.2 Å². The van der Waals surface area contributed by atoms with Crippen LogP contribution in [0.2, 0.25) is 0 Å². The number of fused-ring (bicyclic) bond motifs is 3. The highest BCUT2D eigenvalue weighted by Crippen LogP contribution is 2.64. The first kappa shape index (κ1) is 40.5. The number of cyclic esters (lactones) is 1. The first-order valence-electron chi connectivity index (χ1n) is 19.8. The van der Waals surface area contributed by atoms with Gasteiger partial charge in [-0.1, -0.05) is 90.7 Å². The molecular formula is C48H42N4O9.